The third-order valence-corrected chi connectivity index (χ3v) is 7.08. The van der Waals surface area contributed by atoms with E-state index in [0.717, 1.165) is 26.5 Å². The van der Waals surface area contributed by atoms with E-state index in [1.807, 2.05) is 24.0 Å². The summed E-state index contributed by atoms with van der Waals surface area (Å²) in [5, 5.41) is 2.84. The van der Waals surface area contributed by atoms with Gasteiger partial charge in [-0.05, 0) is 48.9 Å². The molecule has 2 aromatic carbocycles. The van der Waals surface area contributed by atoms with Crippen molar-refractivity contribution in [3.63, 3.8) is 0 Å². The van der Waals surface area contributed by atoms with Crippen LogP contribution in [0.25, 0.3) is 0 Å². The van der Waals surface area contributed by atoms with Gasteiger partial charge in [-0.1, -0.05) is 15.9 Å². The second-order valence-electron chi connectivity index (χ2n) is 6.76. The molecule has 1 heterocycles. The predicted molar refractivity (Wildman–Crippen MR) is 109 cm³/mol. The van der Waals surface area contributed by atoms with Crippen LogP contribution in [0.3, 0.4) is 0 Å². The molecule has 0 saturated carbocycles. The smallest absolute Gasteiger partial charge is 0.246 e. The SMILES string of the molecule is Cc1cc(Br)ccc1NC(=O)CN1CCN(S(=O)(=O)c2cc(F)ccc2F)CC1. The zero-order chi connectivity index (χ0) is 21.2. The lowest BCUT2D eigenvalue weighted by molar-refractivity contribution is -0.117. The molecule has 0 radical (unpaired) electrons. The molecule has 2 aromatic rings. The maximum absolute atomic E-state index is 13.9. The molecule has 0 aliphatic carbocycles. The highest BCUT2D eigenvalue weighted by Gasteiger charge is 2.31. The molecule has 0 unspecified atom stereocenters. The highest BCUT2D eigenvalue weighted by atomic mass is 79.9. The predicted octanol–water partition coefficient (Wildman–Crippen LogP) is 2.98. The molecule has 29 heavy (non-hydrogen) atoms. The van der Waals surface area contributed by atoms with E-state index in [-0.39, 0.29) is 25.5 Å². The molecule has 0 atom stereocenters. The van der Waals surface area contributed by atoms with Crippen molar-refractivity contribution in [2.24, 2.45) is 0 Å². The van der Waals surface area contributed by atoms with E-state index >= 15 is 0 Å². The first kappa shape index (κ1) is 21.8. The van der Waals surface area contributed by atoms with Crippen LogP contribution in [0.15, 0.2) is 45.8 Å². The minimum atomic E-state index is -4.14. The van der Waals surface area contributed by atoms with Gasteiger partial charge < -0.3 is 5.32 Å². The van der Waals surface area contributed by atoms with Crippen molar-refractivity contribution in [3.05, 3.63) is 58.1 Å². The summed E-state index contributed by atoms with van der Waals surface area (Å²) in [4.78, 5) is 13.5. The largest absolute Gasteiger partial charge is 0.325 e. The van der Waals surface area contributed by atoms with Crippen molar-refractivity contribution < 1.29 is 22.0 Å². The number of hydrogen-bond donors (Lipinski definition) is 1. The monoisotopic (exact) mass is 487 g/mol. The lowest BCUT2D eigenvalue weighted by Crippen LogP contribution is -2.50. The number of nitrogens with zero attached hydrogens (tertiary/aromatic N) is 2. The molecule has 3 rings (SSSR count). The Labute approximate surface area is 176 Å². The topological polar surface area (TPSA) is 69.7 Å². The first-order valence-electron chi connectivity index (χ1n) is 8.90. The zero-order valence-corrected chi connectivity index (χ0v) is 18.1. The molecule has 1 aliphatic heterocycles. The highest BCUT2D eigenvalue weighted by molar-refractivity contribution is 9.10. The van der Waals surface area contributed by atoms with Gasteiger partial charge in [-0.3, -0.25) is 9.69 Å². The van der Waals surface area contributed by atoms with Gasteiger partial charge in [0.25, 0.3) is 0 Å². The molecular weight excluding hydrogens is 468 g/mol. The van der Waals surface area contributed by atoms with E-state index in [2.05, 4.69) is 21.2 Å². The lowest BCUT2D eigenvalue weighted by Gasteiger charge is -2.33. The van der Waals surface area contributed by atoms with Crippen LogP contribution in [-0.2, 0) is 14.8 Å². The van der Waals surface area contributed by atoms with E-state index in [9.17, 15) is 22.0 Å². The van der Waals surface area contributed by atoms with Crippen molar-refractivity contribution in [3.8, 4) is 0 Å². The van der Waals surface area contributed by atoms with Gasteiger partial charge in [0.05, 0.1) is 6.54 Å². The summed E-state index contributed by atoms with van der Waals surface area (Å²) in [6.07, 6.45) is 0. The van der Waals surface area contributed by atoms with Crippen LogP contribution in [0.1, 0.15) is 5.56 Å². The van der Waals surface area contributed by atoms with Gasteiger partial charge in [-0.2, -0.15) is 4.31 Å². The van der Waals surface area contributed by atoms with Crippen LogP contribution in [-0.4, -0.2) is 56.3 Å². The molecule has 1 saturated heterocycles. The van der Waals surface area contributed by atoms with Gasteiger partial charge in [0.2, 0.25) is 15.9 Å². The average Bonchev–Trinajstić information content (AvgIpc) is 2.66. The van der Waals surface area contributed by atoms with E-state index in [1.54, 1.807) is 6.07 Å². The highest BCUT2D eigenvalue weighted by Crippen LogP contribution is 2.22. The molecule has 1 N–H and O–H groups in total. The molecule has 1 fully saturated rings. The van der Waals surface area contributed by atoms with Crippen LogP contribution < -0.4 is 5.32 Å². The molecular formula is C19H20BrF2N3O3S. The average molecular weight is 488 g/mol. The number of hydrogen-bond acceptors (Lipinski definition) is 4. The number of piperazine rings is 1. The number of sulfonamides is 1. The third-order valence-electron chi connectivity index (χ3n) is 4.67. The number of anilines is 1. The Morgan fingerprint density at radius 1 is 1.10 bits per heavy atom. The zero-order valence-electron chi connectivity index (χ0n) is 15.7. The van der Waals surface area contributed by atoms with Crippen LogP contribution in [0.2, 0.25) is 0 Å². The van der Waals surface area contributed by atoms with Crippen LogP contribution in [0.4, 0.5) is 14.5 Å². The fourth-order valence-corrected chi connectivity index (χ4v) is 5.08. The van der Waals surface area contributed by atoms with Crippen LogP contribution in [0, 0.1) is 18.6 Å². The maximum atomic E-state index is 13.9. The molecule has 0 aromatic heterocycles. The van der Waals surface area contributed by atoms with Gasteiger partial charge >= 0.3 is 0 Å². The molecule has 156 valence electrons. The van der Waals surface area contributed by atoms with E-state index in [0.29, 0.717) is 24.8 Å². The summed E-state index contributed by atoms with van der Waals surface area (Å²) < 4.78 is 54.5. The first-order valence-corrected chi connectivity index (χ1v) is 11.1. The number of nitrogens with one attached hydrogen (secondary N) is 1. The summed E-state index contributed by atoms with van der Waals surface area (Å²) in [6, 6.07) is 7.88. The summed E-state index contributed by atoms with van der Waals surface area (Å²) in [6.45, 7) is 2.78. The number of rotatable bonds is 5. The molecule has 6 nitrogen and oxygen atoms in total. The number of benzene rings is 2. The Morgan fingerprint density at radius 3 is 2.45 bits per heavy atom. The summed E-state index contributed by atoms with van der Waals surface area (Å²) in [7, 11) is -4.14. The van der Waals surface area contributed by atoms with Crippen molar-refractivity contribution in [2.75, 3.05) is 38.0 Å². The maximum Gasteiger partial charge on any atom is 0.246 e. The van der Waals surface area contributed by atoms with Gasteiger partial charge in [0, 0.05) is 36.3 Å². The summed E-state index contributed by atoms with van der Waals surface area (Å²) in [5.74, 6) is -2.01. The van der Waals surface area contributed by atoms with E-state index < -0.39 is 26.6 Å². The molecule has 0 spiro atoms. The minimum Gasteiger partial charge on any atom is -0.325 e. The van der Waals surface area contributed by atoms with Crippen molar-refractivity contribution >= 4 is 37.5 Å². The van der Waals surface area contributed by atoms with Crippen molar-refractivity contribution in [1.82, 2.24) is 9.21 Å². The van der Waals surface area contributed by atoms with Gasteiger partial charge in [0.15, 0.2) is 0 Å². The van der Waals surface area contributed by atoms with Gasteiger partial charge in [-0.15, -0.1) is 0 Å². The van der Waals surface area contributed by atoms with Gasteiger partial charge in [-0.25, -0.2) is 17.2 Å². The van der Waals surface area contributed by atoms with Crippen LogP contribution in [0.5, 0.6) is 0 Å². The Hall–Kier alpha value is -1.88. The summed E-state index contributed by atoms with van der Waals surface area (Å²) in [5.41, 5.74) is 1.63. The quantitative estimate of drug-likeness (QED) is 0.703. The van der Waals surface area contributed by atoms with E-state index in [4.69, 9.17) is 0 Å². The number of halogens is 3. The Morgan fingerprint density at radius 2 is 1.79 bits per heavy atom. The fraction of sp³-hybridized carbons (Fsp3) is 0.316. The standard InChI is InChI=1S/C19H20BrF2N3O3S/c1-13-10-14(20)2-5-17(13)23-19(26)12-24-6-8-25(9-7-24)29(27,28)18-11-15(21)3-4-16(18)22/h2-5,10-11H,6-9,12H2,1H3,(H,23,26). The molecule has 10 heteroatoms. The van der Waals surface area contributed by atoms with E-state index in [1.165, 1.54) is 0 Å². The van der Waals surface area contributed by atoms with Crippen LogP contribution >= 0.6 is 15.9 Å². The third kappa shape index (κ3) is 5.19. The number of amides is 1. The number of aryl methyl sites for hydroxylation is 1. The number of carbonyl (C=O) groups excluding carboxylic acids is 1. The Kier molecular flexibility index (Phi) is 6.67. The Balaban J connectivity index is 1.58. The second-order valence-corrected chi connectivity index (χ2v) is 9.58. The Bertz CT molecular complexity index is 1030. The van der Waals surface area contributed by atoms with Crippen molar-refractivity contribution in [2.45, 2.75) is 11.8 Å². The van der Waals surface area contributed by atoms with Gasteiger partial charge in [0.1, 0.15) is 16.5 Å². The lowest BCUT2D eigenvalue weighted by atomic mass is 10.2. The van der Waals surface area contributed by atoms with Crippen molar-refractivity contribution in [1.29, 1.82) is 0 Å². The molecule has 1 aliphatic rings. The minimum absolute atomic E-state index is 0.0862. The normalized spacial score (nSPS) is 16.0. The molecule has 1 amide bonds. The molecule has 0 bridgehead atoms. The fourth-order valence-electron chi connectivity index (χ4n) is 3.10. The summed E-state index contributed by atoms with van der Waals surface area (Å²) >= 11 is 3.37. The second kappa shape index (κ2) is 8.86. The number of carbonyl (C=O) groups is 1. The first-order chi connectivity index (χ1) is 13.7.